The quantitative estimate of drug-likeness (QED) is 0.851. The van der Waals surface area contributed by atoms with Crippen LogP contribution >= 0.6 is 0 Å². The summed E-state index contributed by atoms with van der Waals surface area (Å²) in [5.74, 6) is -0.685. The van der Waals surface area contributed by atoms with Crippen molar-refractivity contribution in [2.75, 3.05) is 10.5 Å². The standard InChI is InChI=1S/C14H12FN3O2S/c1-9-13(15)6-11(17)7-14(9)21(19,20)18-12-4-2-10(8-16)3-5-12/h2-7,18H,17H2,1H3. The summed E-state index contributed by atoms with van der Waals surface area (Å²) in [4.78, 5) is -0.218. The monoisotopic (exact) mass is 305 g/mol. The first-order valence-corrected chi connectivity index (χ1v) is 7.40. The molecule has 0 aliphatic carbocycles. The molecule has 5 nitrogen and oxygen atoms in total. The molecule has 0 saturated heterocycles. The number of sulfonamides is 1. The van der Waals surface area contributed by atoms with Gasteiger partial charge in [-0.05, 0) is 43.3 Å². The molecule has 0 unspecified atom stereocenters. The summed E-state index contributed by atoms with van der Waals surface area (Å²) < 4.78 is 40.5. The Hall–Kier alpha value is -2.59. The number of nitrogen functional groups attached to an aromatic ring is 1. The number of nitrogens with one attached hydrogen (secondary N) is 1. The van der Waals surface area contributed by atoms with Gasteiger partial charge in [0.15, 0.2) is 0 Å². The predicted molar refractivity (Wildman–Crippen MR) is 77.5 cm³/mol. The lowest BCUT2D eigenvalue weighted by Gasteiger charge is -2.11. The van der Waals surface area contributed by atoms with Gasteiger partial charge in [0.2, 0.25) is 0 Å². The lowest BCUT2D eigenvalue weighted by atomic mass is 10.2. The van der Waals surface area contributed by atoms with E-state index in [1.54, 1.807) is 0 Å². The van der Waals surface area contributed by atoms with Crippen LogP contribution in [0.1, 0.15) is 11.1 Å². The largest absolute Gasteiger partial charge is 0.399 e. The smallest absolute Gasteiger partial charge is 0.262 e. The minimum Gasteiger partial charge on any atom is -0.399 e. The molecular formula is C14H12FN3O2S. The van der Waals surface area contributed by atoms with Crippen LogP contribution in [-0.2, 0) is 10.0 Å². The van der Waals surface area contributed by atoms with Gasteiger partial charge < -0.3 is 5.73 Å². The molecule has 0 amide bonds. The van der Waals surface area contributed by atoms with Crippen LogP contribution in [0.25, 0.3) is 0 Å². The average Bonchev–Trinajstić information content (AvgIpc) is 2.43. The van der Waals surface area contributed by atoms with Gasteiger partial charge in [-0.1, -0.05) is 0 Å². The Morgan fingerprint density at radius 1 is 1.24 bits per heavy atom. The highest BCUT2D eigenvalue weighted by atomic mass is 32.2. The number of nitriles is 1. The summed E-state index contributed by atoms with van der Waals surface area (Å²) in [6.45, 7) is 1.36. The Bertz CT molecular complexity index is 825. The number of nitrogens with two attached hydrogens (primary N) is 1. The number of halogens is 1. The molecule has 2 aromatic carbocycles. The Morgan fingerprint density at radius 3 is 2.43 bits per heavy atom. The van der Waals surface area contributed by atoms with Gasteiger partial charge >= 0.3 is 0 Å². The number of hydrogen-bond donors (Lipinski definition) is 2. The third-order valence-corrected chi connectivity index (χ3v) is 4.38. The summed E-state index contributed by atoms with van der Waals surface area (Å²) in [7, 11) is -3.96. The third-order valence-electron chi connectivity index (χ3n) is 2.87. The average molecular weight is 305 g/mol. The van der Waals surface area contributed by atoms with E-state index in [0.717, 1.165) is 6.07 Å². The lowest BCUT2D eigenvalue weighted by Crippen LogP contribution is -2.15. The highest BCUT2D eigenvalue weighted by Crippen LogP contribution is 2.24. The van der Waals surface area contributed by atoms with E-state index in [0.29, 0.717) is 5.56 Å². The normalized spacial score (nSPS) is 10.9. The van der Waals surface area contributed by atoms with Crippen molar-refractivity contribution in [2.24, 2.45) is 0 Å². The van der Waals surface area contributed by atoms with Gasteiger partial charge in [0, 0.05) is 16.9 Å². The first-order chi connectivity index (χ1) is 9.83. The zero-order valence-corrected chi connectivity index (χ0v) is 11.9. The van der Waals surface area contributed by atoms with Crippen LogP contribution in [0.4, 0.5) is 15.8 Å². The molecule has 0 radical (unpaired) electrons. The maximum atomic E-state index is 13.6. The van der Waals surface area contributed by atoms with Crippen LogP contribution in [0, 0.1) is 24.1 Å². The van der Waals surface area contributed by atoms with Gasteiger partial charge in [-0.15, -0.1) is 0 Å². The maximum absolute atomic E-state index is 13.6. The van der Waals surface area contributed by atoms with E-state index in [1.165, 1.54) is 37.3 Å². The minimum atomic E-state index is -3.96. The Balaban J connectivity index is 2.41. The zero-order valence-electron chi connectivity index (χ0n) is 11.1. The zero-order chi connectivity index (χ0) is 15.6. The summed E-state index contributed by atoms with van der Waals surface area (Å²) in [6.07, 6.45) is 0. The highest BCUT2D eigenvalue weighted by Gasteiger charge is 2.20. The molecule has 21 heavy (non-hydrogen) atoms. The molecule has 0 atom stereocenters. The number of rotatable bonds is 3. The molecular weight excluding hydrogens is 293 g/mol. The van der Waals surface area contributed by atoms with Gasteiger partial charge in [-0.25, -0.2) is 12.8 Å². The van der Waals surface area contributed by atoms with Gasteiger partial charge in [0.25, 0.3) is 10.0 Å². The number of benzene rings is 2. The van der Waals surface area contributed by atoms with Crippen LogP contribution in [0.2, 0.25) is 0 Å². The fourth-order valence-electron chi connectivity index (χ4n) is 1.78. The Labute approximate surface area is 121 Å². The van der Waals surface area contributed by atoms with Gasteiger partial charge in [0.1, 0.15) is 5.82 Å². The van der Waals surface area contributed by atoms with E-state index in [-0.39, 0.29) is 21.8 Å². The lowest BCUT2D eigenvalue weighted by molar-refractivity contribution is 0.591. The van der Waals surface area contributed by atoms with Crippen molar-refractivity contribution in [3.8, 4) is 6.07 Å². The van der Waals surface area contributed by atoms with Crippen molar-refractivity contribution in [1.82, 2.24) is 0 Å². The Kier molecular flexibility index (Phi) is 3.82. The van der Waals surface area contributed by atoms with Gasteiger partial charge in [-0.3, -0.25) is 4.72 Å². The molecule has 2 aromatic rings. The molecule has 0 aliphatic rings. The van der Waals surface area contributed by atoms with Crippen LogP contribution in [0.5, 0.6) is 0 Å². The predicted octanol–water partition coefficient (Wildman–Crippen LogP) is 2.39. The molecule has 0 aromatic heterocycles. The molecule has 0 heterocycles. The van der Waals surface area contributed by atoms with E-state index in [4.69, 9.17) is 11.0 Å². The third kappa shape index (κ3) is 3.12. The second kappa shape index (κ2) is 5.42. The van der Waals surface area contributed by atoms with Crippen LogP contribution in [0.3, 0.4) is 0 Å². The number of nitrogens with zero attached hydrogens (tertiary/aromatic N) is 1. The fraction of sp³-hybridized carbons (Fsp3) is 0.0714. The van der Waals surface area contributed by atoms with Crippen LogP contribution in [0.15, 0.2) is 41.3 Å². The summed E-state index contributed by atoms with van der Waals surface area (Å²) >= 11 is 0. The fourth-order valence-corrected chi connectivity index (χ4v) is 3.12. The van der Waals surface area contributed by atoms with Crippen molar-refractivity contribution in [3.05, 3.63) is 53.3 Å². The topological polar surface area (TPSA) is 96.0 Å². The van der Waals surface area contributed by atoms with Crippen LogP contribution in [-0.4, -0.2) is 8.42 Å². The van der Waals surface area contributed by atoms with Gasteiger partial charge in [-0.2, -0.15) is 5.26 Å². The van der Waals surface area contributed by atoms with Crippen molar-refractivity contribution in [2.45, 2.75) is 11.8 Å². The molecule has 0 spiro atoms. The molecule has 0 bridgehead atoms. The molecule has 108 valence electrons. The van der Waals surface area contributed by atoms with E-state index >= 15 is 0 Å². The summed E-state index contributed by atoms with van der Waals surface area (Å²) in [6, 6.07) is 10.1. The van der Waals surface area contributed by atoms with Crippen molar-refractivity contribution in [3.63, 3.8) is 0 Å². The van der Waals surface area contributed by atoms with E-state index in [9.17, 15) is 12.8 Å². The number of hydrogen-bond acceptors (Lipinski definition) is 4. The highest BCUT2D eigenvalue weighted by molar-refractivity contribution is 7.92. The second-order valence-corrected chi connectivity index (χ2v) is 6.07. The first kappa shape index (κ1) is 14.8. The Morgan fingerprint density at radius 2 is 1.86 bits per heavy atom. The SMILES string of the molecule is Cc1c(F)cc(N)cc1S(=O)(=O)Nc1ccc(C#N)cc1. The van der Waals surface area contributed by atoms with Crippen molar-refractivity contribution in [1.29, 1.82) is 5.26 Å². The molecule has 2 rings (SSSR count). The van der Waals surface area contributed by atoms with Crippen molar-refractivity contribution < 1.29 is 12.8 Å². The summed E-state index contributed by atoms with van der Waals surface area (Å²) in [5, 5.41) is 8.69. The second-order valence-electron chi connectivity index (χ2n) is 4.42. The van der Waals surface area contributed by atoms with E-state index < -0.39 is 15.8 Å². The van der Waals surface area contributed by atoms with E-state index in [1.807, 2.05) is 6.07 Å². The van der Waals surface area contributed by atoms with Crippen molar-refractivity contribution >= 4 is 21.4 Å². The molecule has 0 fully saturated rings. The minimum absolute atomic E-state index is 0.00894. The molecule has 0 aliphatic heterocycles. The number of anilines is 2. The van der Waals surface area contributed by atoms with Crippen LogP contribution < -0.4 is 10.5 Å². The van der Waals surface area contributed by atoms with Gasteiger partial charge in [0.05, 0.1) is 16.5 Å². The van der Waals surface area contributed by atoms with E-state index in [2.05, 4.69) is 4.72 Å². The molecule has 3 N–H and O–H groups in total. The maximum Gasteiger partial charge on any atom is 0.262 e. The first-order valence-electron chi connectivity index (χ1n) is 5.92. The molecule has 0 saturated carbocycles. The summed E-state index contributed by atoms with van der Waals surface area (Å²) in [5.41, 5.74) is 6.19. The molecule has 7 heteroatoms.